The molecule has 2 heterocycles. The molecule has 130 valence electrons. The fraction of sp³-hybridized carbons (Fsp3) is 0.143. The van der Waals surface area contributed by atoms with Crippen molar-refractivity contribution in [3.05, 3.63) is 78.9 Å². The van der Waals surface area contributed by atoms with E-state index in [1.165, 1.54) is 5.56 Å². The van der Waals surface area contributed by atoms with Crippen molar-refractivity contribution in [1.29, 1.82) is 0 Å². The van der Waals surface area contributed by atoms with E-state index in [1.807, 2.05) is 35.3 Å². The quantitative estimate of drug-likeness (QED) is 0.595. The minimum Gasteiger partial charge on any atom is -0.305 e. The number of nitrogens with one attached hydrogen (secondary N) is 1. The fourth-order valence-corrected chi connectivity index (χ4v) is 3.05. The van der Waals surface area contributed by atoms with Crippen LogP contribution in [0.25, 0.3) is 22.5 Å². The summed E-state index contributed by atoms with van der Waals surface area (Å²) in [4.78, 5) is 11.1. The van der Waals surface area contributed by atoms with E-state index >= 15 is 0 Å². The van der Waals surface area contributed by atoms with Gasteiger partial charge in [0.1, 0.15) is 6.33 Å². The van der Waals surface area contributed by atoms with Crippen LogP contribution in [-0.4, -0.2) is 33.6 Å². The molecule has 0 unspecified atom stereocenters. The standard InChI is InChI=1S/C21H21N5/c1-25(2)14-16-8-10-18(11-9-16)24-26-15-22-12-20-19(13-23-21(20)26)17-6-4-3-5-7-17/h3-13,15,24H,14H2,1-2H3. The Kier molecular flexibility index (Phi) is 4.37. The van der Waals surface area contributed by atoms with Crippen molar-refractivity contribution in [2.24, 2.45) is 0 Å². The van der Waals surface area contributed by atoms with E-state index in [2.05, 4.69) is 70.8 Å². The topological polar surface area (TPSA) is 46.0 Å². The predicted octanol–water partition coefficient (Wildman–Crippen LogP) is 3.99. The van der Waals surface area contributed by atoms with Crippen LogP contribution < -0.4 is 5.43 Å². The Morgan fingerprint density at radius 2 is 1.69 bits per heavy atom. The van der Waals surface area contributed by atoms with Crippen LogP contribution in [0, 0.1) is 0 Å². The van der Waals surface area contributed by atoms with E-state index in [-0.39, 0.29) is 0 Å². The predicted molar refractivity (Wildman–Crippen MR) is 105 cm³/mol. The average Bonchev–Trinajstić information content (AvgIpc) is 3.09. The minimum atomic E-state index is 0.858. The van der Waals surface area contributed by atoms with Crippen LogP contribution in [0.5, 0.6) is 0 Å². The molecular weight excluding hydrogens is 322 g/mol. The van der Waals surface area contributed by atoms with Crippen molar-refractivity contribution < 1.29 is 0 Å². The number of rotatable bonds is 5. The van der Waals surface area contributed by atoms with Gasteiger partial charge >= 0.3 is 0 Å². The first kappa shape index (κ1) is 16.3. The highest BCUT2D eigenvalue weighted by atomic mass is 15.4. The summed E-state index contributed by atoms with van der Waals surface area (Å²) in [7, 11) is 4.14. The monoisotopic (exact) mass is 343 g/mol. The SMILES string of the molecule is CN(C)Cc1ccc(Nn2cncc3c(-c4ccccc4)cnc2-3)cc1. The molecule has 26 heavy (non-hydrogen) atoms. The zero-order chi connectivity index (χ0) is 17.9. The number of fused-ring (bicyclic) bond motifs is 1. The molecule has 0 amide bonds. The smallest absolute Gasteiger partial charge is 0.162 e. The molecule has 2 aliphatic rings. The second kappa shape index (κ2) is 6.98. The van der Waals surface area contributed by atoms with Gasteiger partial charge in [0.2, 0.25) is 0 Å². The fourth-order valence-electron chi connectivity index (χ4n) is 3.05. The molecule has 1 N–H and O–H groups in total. The molecule has 0 atom stereocenters. The maximum Gasteiger partial charge on any atom is 0.162 e. The lowest BCUT2D eigenvalue weighted by Gasteiger charge is -2.15. The van der Waals surface area contributed by atoms with E-state index in [0.29, 0.717) is 0 Å². The largest absolute Gasteiger partial charge is 0.305 e. The van der Waals surface area contributed by atoms with Crippen LogP contribution in [0.4, 0.5) is 5.69 Å². The van der Waals surface area contributed by atoms with Gasteiger partial charge in [0.25, 0.3) is 0 Å². The molecule has 0 bridgehead atoms. The third kappa shape index (κ3) is 3.30. The summed E-state index contributed by atoms with van der Waals surface area (Å²) < 4.78 is 1.86. The van der Waals surface area contributed by atoms with Crippen LogP contribution in [0.3, 0.4) is 0 Å². The van der Waals surface area contributed by atoms with Gasteiger partial charge in [-0.15, -0.1) is 0 Å². The Morgan fingerprint density at radius 3 is 2.42 bits per heavy atom. The van der Waals surface area contributed by atoms with Crippen LogP contribution in [0.2, 0.25) is 0 Å². The average molecular weight is 343 g/mol. The number of hydrogen-bond donors (Lipinski definition) is 1. The maximum absolute atomic E-state index is 4.60. The van der Waals surface area contributed by atoms with Gasteiger partial charge in [-0.2, -0.15) is 0 Å². The normalized spacial score (nSPS) is 11.2. The molecule has 4 rings (SSSR count). The number of hydrogen-bond acceptors (Lipinski definition) is 4. The lowest BCUT2D eigenvalue weighted by atomic mass is 10.0. The van der Waals surface area contributed by atoms with Crippen LogP contribution in [0.15, 0.2) is 73.3 Å². The summed E-state index contributed by atoms with van der Waals surface area (Å²) in [6.07, 6.45) is 5.51. The third-order valence-electron chi connectivity index (χ3n) is 4.25. The highest BCUT2D eigenvalue weighted by Gasteiger charge is 2.16. The summed E-state index contributed by atoms with van der Waals surface area (Å²) >= 11 is 0. The Bertz CT molecular complexity index is 957. The summed E-state index contributed by atoms with van der Waals surface area (Å²) in [5.41, 5.74) is 8.90. The van der Waals surface area contributed by atoms with Crippen LogP contribution >= 0.6 is 0 Å². The van der Waals surface area contributed by atoms with Crippen molar-refractivity contribution in [2.45, 2.75) is 6.54 Å². The first-order chi connectivity index (χ1) is 12.7. The molecular formula is C21H21N5. The Labute approximate surface area is 153 Å². The van der Waals surface area contributed by atoms with E-state index in [1.54, 1.807) is 6.33 Å². The molecule has 2 aromatic rings. The van der Waals surface area contributed by atoms with Crippen molar-refractivity contribution in [1.82, 2.24) is 19.5 Å². The van der Waals surface area contributed by atoms with Gasteiger partial charge in [0, 0.05) is 30.1 Å². The Hall–Kier alpha value is -3.18. The molecule has 5 heteroatoms. The number of aromatic nitrogens is 3. The van der Waals surface area contributed by atoms with Crippen molar-refractivity contribution in [3.63, 3.8) is 0 Å². The zero-order valence-corrected chi connectivity index (χ0v) is 14.9. The molecule has 2 aliphatic heterocycles. The highest BCUT2D eigenvalue weighted by molar-refractivity contribution is 5.81. The molecule has 0 spiro atoms. The molecule has 0 radical (unpaired) electrons. The minimum absolute atomic E-state index is 0.858. The van der Waals surface area contributed by atoms with E-state index < -0.39 is 0 Å². The summed E-state index contributed by atoms with van der Waals surface area (Å²) in [6.45, 7) is 0.926. The van der Waals surface area contributed by atoms with E-state index in [9.17, 15) is 0 Å². The number of nitrogens with zero attached hydrogens (tertiary/aromatic N) is 4. The molecule has 0 saturated carbocycles. The summed E-state index contributed by atoms with van der Waals surface area (Å²) in [5.74, 6) is 0.858. The molecule has 2 aromatic carbocycles. The Morgan fingerprint density at radius 1 is 0.923 bits per heavy atom. The number of benzene rings is 2. The molecule has 0 aliphatic carbocycles. The Balaban J connectivity index is 1.60. The lowest BCUT2D eigenvalue weighted by Crippen LogP contribution is -2.14. The molecule has 0 fully saturated rings. The van der Waals surface area contributed by atoms with E-state index in [4.69, 9.17) is 0 Å². The van der Waals surface area contributed by atoms with Gasteiger partial charge in [-0.3, -0.25) is 5.43 Å². The van der Waals surface area contributed by atoms with Gasteiger partial charge in [-0.1, -0.05) is 42.5 Å². The van der Waals surface area contributed by atoms with Crippen molar-refractivity contribution in [2.75, 3.05) is 19.5 Å². The van der Waals surface area contributed by atoms with Crippen LogP contribution in [-0.2, 0) is 6.54 Å². The van der Waals surface area contributed by atoms with Crippen molar-refractivity contribution >= 4 is 5.69 Å². The second-order valence-electron chi connectivity index (χ2n) is 6.59. The number of anilines is 1. The second-order valence-corrected chi connectivity index (χ2v) is 6.59. The molecule has 0 aromatic heterocycles. The third-order valence-corrected chi connectivity index (χ3v) is 4.25. The summed E-state index contributed by atoms with van der Waals surface area (Å²) in [6, 6.07) is 18.7. The van der Waals surface area contributed by atoms with Gasteiger partial charge < -0.3 is 4.90 Å². The van der Waals surface area contributed by atoms with Gasteiger partial charge in [0.05, 0.1) is 5.69 Å². The van der Waals surface area contributed by atoms with E-state index in [0.717, 1.165) is 34.7 Å². The van der Waals surface area contributed by atoms with Gasteiger partial charge in [-0.05, 0) is 37.4 Å². The van der Waals surface area contributed by atoms with Crippen LogP contribution in [0.1, 0.15) is 5.56 Å². The van der Waals surface area contributed by atoms with Crippen molar-refractivity contribution in [3.8, 4) is 22.5 Å². The molecule has 5 nitrogen and oxygen atoms in total. The van der Waals surface area contributed by atoms with Gasteiger partial charge in [0.15, 0.2) is 5.82 Å². The zero-order valence-electron chi connectivity index (χ0n) is 14.9. The summed E-state index contributed by atoms with van der Waals surface area (Å²) in [5, 5.41) is 0. The maximum atomic E-state index is 4.60. The first-order valence-corrected chi connectivity index (χ1v) is 8.58. The van der Waals surface area contributed by atoms with Gasteiger partial charge in [-0.25, -0.2) is 14.6 Å². The lowest BCUT2D eigenvalue weighted by molar-refractivity contribution is 0.402. The molecule has 0 saturated heterocycles. The first-order valence-electron chi connectivity index (χ1n) is 8.58. The highest BCUT2D eigenvalue weighted by Crippen LogP contribution is 2.32.